The molecule has 2 aliphatic rings. The third kappa shape index (κ3) is 4.63. The van der Waals surface area contributed by atoms with Gasteiger partial charge in [0.25, 0.3) is 0 Å². The molecule has 5 rings (SSSR count). The van der Waals surface area contributed by atoms with E-state index in [4.69, 9.17) is 4.37 Å². The Labute approximate surface area is 200 Å². The van der Waals surface area contributed by atoms with Gasteiger partial charge in [-0.15, -0.1) is 12.4 Å². The summed E-state index contributed by atoms with van der Waals surface area (Å²) in [5.41, 5.74) is 4.25. The Morgan fingerprint density at radius 2 is 1.84 bits per heavy atom. The number of carbonyl (C=O) groups is 1. The molecule has 5 nitrogen and oxygen atoms in total. The van der Waals surface area contributed by atoms with Gasteiger partial charge in [-0.2, -0.15) is 4.37 Å². The van der Waals surface area contributed by atoms with E-state index in [0.29, 0.717) is 6.04 Å². The smallest absolute Gasteiger partial charge is 0.219 e. The maximum absolute atomic E-state index is 11.7. The highest BCUT2D eigenvalue weighted by Crippen LogP contribution is 2.30. The van der Waals surface area contributed by atoms with E-state index in [-0.39, 0.29) is 18.3 Å². The summed E-state index contributed by atoms with van der Waals surface area (Å²) in [6.07, 6.45) is 3.05. The van der Waals surface area contributed by atoms with E-state index in [9.17, 15) is 4.79 Å². The van der Waals surface area contributed by atoms with E-state index in [1.54, 1.807) is 18.5 Å². The number of benzene rings is 2. The van der Waals surface area contributed by atoms with Crippen LogP contribution in [0.25, 0.3) is 10.1 Å². The van der Waals surface area contributed by atoms with E-state index in [1.165, 1.54) is 26.8 Å². The first-order chi connectivity index (χ1) is 15.1. The Morgan fingerprint density at radius 1 is 1.09 bits per heavy atom. The highest BCUT2D eigenvalue weighted by atomic mass is 35.5. The molecule has 1 aliphatic carbocycles. The molecule has 0 bridgehead atoms. The van der Waals surface area contributed by atoms with Crippen molar-refractivity contribution in [2.45, 2.75) is 32.2 Å². The zero-order valence-electron chi connectivity index (χ0n) is 18.8. The number of carbonyl (C=O) groups excluding carboxylic acids is 1. The number of rotatable bonds is 5. The van der Waals surface area contributed by atoms with E-state index in [2.05, 4.69) is 52.3 Å². The van der Waals surface area contributed by atoms with Crippen molar-refractivity contribution in [3.05, 3.63) is 59.2 Å². The van der Waals surface area contributed by atoms with Crippen LogP contribution in [0.3, 0.4) is 0 Å². The number of anilines is 1. The number of nitrogens with zero attached hydrogens (tertiary/aromatic N) is 4. The molecular weight excluding hydrogens is 440 g/mol. The minimum Gasteiger partial charge on any atom is -0.353 e. The average Bonchev–Trinajstić information content (AvgIpc) is 3.41. The van der Waals surface area contributed by atoms with Crippen LogP contribution in [0.1, 0.15) is 23.6 Å². The minimum absolute atomic E-state index is 0. The van der Waals surface area contributed by atoms with Gasteiger partial charge in [-0.05, 0) is 59.6 Å². The molecule has 7 heteroatoms. The molecule has 170 valence electrons. The highest BCUT2D eigenvalue weighted by molar-refractivity contribution is 7.13. The number of hydrogen-bond donors (Lipinski definition) is 0. The molecular formula is C25H31ClN4OS. The topological polar surface area (TPSA) is 39.7 Å². The molecule has 3 aromatic rings. The summed E-state index contributed by atoms with van der Waals surface area (Å²) >= 11 is 1.60. The fraction of sp³-hybridized carbons (Fsp3) is 0.440. The van der Waals surface area contributed by atoms with E-state index >= 15 is 0 Å². The van der Waals surface area contributed by atoms with Gasteiger partial charge < -0.3 is 9.80 Å². The Kier molecular flexibility index (Phi) is 7.03. The van der Waals surface area contributed by atoms with Crippen LogP contribution in [0.5, 0.6) is 0 Å². The fourth-order valence-electron chi connectivity index (χ4n) is 4.91. The van der Waals surface area contributed by atoms with E-state index < -0.39 is 0 Å². The van der Waals surface area contributed by atoms with Crippen molar-refractivity contribution in [2.24, 2.45) is 0 Å². The lowest BCUT2D eigenvalue weighted by molar-refractivity contribution is -0.129. The van der Waals surface area contributed by atoms with Crippen LogP contribution >= 0.6 is 23.9 Å². The summed E-state index contributed by atoms with van der Waals surface area (Å²) in [4.78, 5) is 18.6. The Bertz CT molecular complexity index is 1090. The molecule has 1 fully saturated rings. The number of halogens is 1. The van der Waals surface area contributed by atoms with E-state index in [1.807, 2.05) is 11.9 Å². The predicted molar refractivity (Wildman–Crippen MR) is 135 cm³/mol. The number of aromatic nitrogens is 1. The second-order valence-corrected chi connectivity index (χ2v) is 9.68. The van der Waals surface area contributed by atoms with Crippen molar-refractivity contribution >= 4 is 45.8 Å². The van der Waals surface area contributed by atoms with Crippen LogP contribution in [0, 0.1) is 0 Å². The second kappa shape index (κ2) is 9.77. The number of fused-ring (bicyclic) bond motifs is 2. The molecule has 0 unspecified atom stereocenters. The van der Waals surface area contributed by atoms with Crippen LogP contribution in [0.15, 0.2) is 42.5 Å². The predicted octanol–water partition coefficient (Wildman–Crippen LogP) is 4.03. The highest BCUT2D eigenvalue weighted by Gasteiger charge is 2.26. The number of hydrogen-bond acceptors (Lipinski definition) is 5. The van der Waals surface area contributed by atoms with Crippen molar-refractivity contribution in [2.75, 3.05) is 44.7 Å². The summed E-state index contributed by atoms with van der Waals surface area (Å²) in [5, 5.41) is 1.29. The molecule has 2 heterocycles. The molecule has 1 amide bonds. The molecule has 0 N–H and O–H groups in total. The maximum atomic E-state index is 11.7. The third-order valence-corrected chi connectivity index (χ3v) is 7.79. The summed E-state index contributed by atoms with van der Waals surface area (Å²) in [6, 6.07) is 15.8. The van der Waals surface area contributed by atoms with Gasteiger partial charge in [0.15, 0.2) is 0 Å². The van der Waals surface area contributed by atoms with Gasteiger partial charge in [-0.3, -0.25) is 9.69 Å². The summed E-state index contributed by atoms with van der Waals surface area (Å²) < 4.78 is 6.00. The molecule has 1 atom stereocenters. The first-order valence-electron chi connectivity index (χ1n) is 11.2. The fourth-order valence-corrected chi connectivity index (χ4v) is 5.70. The summed E-state index contributed by atoms with van der Waals surface area (Å²) in [5.74, 6) is 1.31. The van der Waals surface area contributed by atoms with E-state index in [0.717, 1.165) is 57.8 Å². The largest absolute Gasteiger partial charge is 0.353 e. The maximum Gasteiger partial charge on any atom is 0.219 e. The number of piperazine rings is 1. The molecule has 1 aliphatic heterocycles. The van der Waals surface area contributed by atoms with Gasteiger partial charge >= 0.3 is 0 Å². The molecule has 0 radical (unpaired) electrons. The first-order valence-corrected chi connectivity index (χ1v) is 12.0. The van der Waals surface area contributed by atoms with Crippen molar-refractivity contribution in [1.29, 1.82) is 0 Å². The molecule has 1 aromatic heterocycles. The van der Waals surface area contributed by atoms with Crippen molar-refractivity contribution < 1.29 is 4.79 Å². The Balaban J connectivity index is 0.00000245. The zero-order chi connectivity index (χ0) is 21.4. The number of likely N-dealkylation sites (N-methyl/N-ethyl adjacent to an activating group) is 1. The first kappa shape index (κ1) is 23.0. The van der Waals surface area contributed by atoms with Crippen LogP contribution < -0.4 is 4.90 Å². The zero-order valence-corrected chi connectivity index (χ0v) is 20.4. The Hall–Kier alpha value is -2.15. The molecule has 2 aromatic carbocycles. The second-order valence-electron chi connectivity index (χ2n) is 8.88. The number of amides is 1. The normalized spacial score (nSPS) is 18.4. The SMILES string of the molecule is CC(=O)N(C)[C@H]1Cc2ccc(CCN3CCN(c4nsc5ccccc45)CC3)cc2C1.Cl. The van der Waals surface area contributed by atoms with Crippen LogP contribution in [0.4, 0.5) is 5.82 Å². The van der Waals surface area contributed by atoms with Crippen molar-refractivity contribution in [3.8, 4) is 0 Å². The third-order valence-electron chi connectivity index (χ3n) is 6.97. The minimum atomic E-state index is 0. The molecule has 32 heavy (non-hydrogen) atoms. The molecule has 0 saturated carbocycles. The summed E-state index contributed by atoms with van der Waals surface area (Å²) in [7, 11) is 1.92. The van der Waals surface area contributed by atoms with Crippen molar-refractivity contribution in [3.63, 3.8) is 0 Å². The van der Waals surface area contributed by atoms with Crippen molar-refractivity contribution in [1.82, 2.24) is 14.2 Å². The lowest BCUT2D eigenvalue weighted by Gasteiger charge is -2.35. The van der Waals surface area contributed by atoms with Gasteiger partial charge in [-0.1, -0.05) is 30.3 Å². The quantitative estimate of drug-likeness (QED) is 0.564. The van der Waals surface area contributed by atoms with Crippen LogP contribution in [-0.4, -0.2) is 65.9 Å². The van der Waals surface area contributed by atoms with Gasteiger partial charge in [0, 0.05) is 58.1 Å². The van der Waals surface area contributed by atoms with Crippen LogP contribution in [0.2, 0.25) is 0 Å². The monoisotopic (exact) mass is 470 g/mol. The standard InChI is InChI=1S/C25H30N4OS.ClH/c1-18(30)27(2)22-16-20-8-7-19(15-21(20)17-22)9-10-28-11-13-29(14-12-28)25-23-5-3-4-6-24(23)31-26-25;/h3-8,15,22H,9-14,16-17H2,1-2H3;1H/t22-;/m0./s1. The molecule has 0 spiro atoms. The van der Waals surface area contributed by atoms with Gasteiger partial charge in [0.2, 0.25) is 5.91 Å². The summed E-state index contributed by atoms with van der Waals surface area (Å²) in [6.45, 7) is 7.00. The lowest BCUT2D eigenvalue weighted by atomic mass is 10.0. The van der Waals surface area contributed by atoms with Gasteiger partial charge in [0.05, 0.1) is 4.70 Å². The van der Waals surface area contributed by atoms with Crippen LogP contribution in [-0.2, 0) is 24.1 Å². The molecule has 1 saturated heterocycles. The lowest BCUT2D eigenvalue weighted by Crippen LogP contribution is -2.47. The van der Waals surface area contributed by atoms with Gasteiger partial charge in [0.1, 0.15) is 5.82 Å². The van der Waals surface area contributed by atoms with Gasteiger partial charge in [-0.25, -0.2) is 0 Å². The Morgan fingerprint density at radius 3 is 2.62 bits per heavy atom. The average molecular weight is 471 g/mol.